The maximum atomic E-state index is 9.09. The first-order valence-electron chi connectivity index (χ1n) is 8.70. The van der Waals surface area contributed by atoms with Gasteiger partial charge in [-0.3, -0.25) is 0 Å². The summed E-state index contributed by atoms with van der Waals surface area (Å²) in [6.07, 6.45) is 2.01. The van der Waals surface area contributed by atoms with E-state index < -0.39 is 7.12 Å². The molecule has 0 radical (unpaired) electrons. The van der Waals surface area contributed by atoms with Crippen molar-refractivity contribution in [2.24, 2.45) is 5.92 Å². The summed E-state index contributed by atoms with van der Waals surface area (Å²) >= 11 is 0. The van der Waals surface area contributed by atoms with Gasteiger partial charge in [-0.2, -0.15) is 4.98 Å². The highest BCUT2D eigenvalue weighted by atomic mass is 16.5. The molecule has 0 saturated carbocycles. The normalized spacial score (nSPS) is 15.6. The van der Waals surface area contributed by atoms with Crippen molar-refractivity contribution in [3.05, 3.63) is 30.1 Å². The molecule has 2 aromatic rings. The first-order chi connectivity index (χ1) is 12.0. The fraction of sp³-hybridized carbons (Fsp3) is 0.529. The fourth-order valence-corrected chi connectivity index (χ4v) is 2.83. The second-order valence-corrected chi connectivity index (χ2v) is 6.77. The number of hydrogen-bond donors (Lipinski definition) is 2. The van der Waals surface area contributed by atoms with Gasteiger partial charge in [0, 0.05) is 19.0 Å². The van der Waals surface area contributed by atoms with Crippen molar-refractivity contribution in [1.82, 2.24) is 10.1 Å². The van der Waals surface area contributed by atoms with E-state index in [0.29, 0.717) is 24.0 Å². The summed E-state index contributed by atoms with van der Waals surface area (Å²) in [4.78, 5) is 6.58. The molecule has 1 aliphatic rings. The Bertz CT molecular complexity index is 667. The number of piperidine rings is 1. The van der Waals surface area contributed by atoms with Gasteiger partial charge < -0.3 is 24.2 Å². The highest BCUT2D eigenvalue weighted by molar-refractivity contribution is 6.58. The Balaban J connectivity index is 1.46. The lowest BCUT2D eigenvalue weighted by Gasteiger charge is -2.30. The number of rotatable bonds is 6. The molecule has 1 fully saturated rings. The van der Waals surface area contributed by atoms with Gasteiger partial charge in [-0.05, 0) is 36.4 Å². The average molecular weight is 345 g/mol. The van der Waals surface area contributed by atoms with Gasteiger partial charge in [0.25, 0.3) is 0 Å². The molecule has 2 heterocycles. The second kappa shape index (κ2) is 7.88. The van der Waals surface area contributed by atoms with Crippen molar-refractivity contribution in [1.29, 1.82) is 0 Å². The summed E-state index contributed by atoms with van der Waals surface area (Å²) in [6, 6.07) is 7.45. The van der Waals surface area contributed by atoms with Crippen molar-refractivity contribution in [3.63, 3.8) is 0 Å². The minimum Gasteiger partial charge on any atom is -0.493 e. The van der Waals surface area contributed by atoms with E-state index in [0.717, 1.165) is 37.5 Å². The molecule has 0 amide bonds. The summed E-state index contributed by atoms with van der Waals surface area (Å²) in [6.45, 7) is 6.50. The third-order valence-corrected chi connectivity index (χ3v) is 4.50. The Morgan fingerprint density at radius 2 is 1.92 bits per heavy atom. The third-order valence-electron chi connectivity index (χ3n) is 4.50. The molecule has 3 rings (SSSR count). The standard InChI is InChI=1S/C17H24BN3O4/c1-12(2)16-19-17(25-20-16)21-9-7-13(8-10-21)11-24-15-5-3-14(4-6-15)18(22)23/h3-6,12-13,22-23H,7-11H2,1-2H3. The average Bonchev–Trinajstić information content (AvgIpc) is 3.11. The highest BCUT2D eigenvalue weighted by Crippen LogP contribution is 2.24. The molecule has 1 aromatic heterocycles. The van der Waals surface area contributed by atoms with Crippen molar-refractivity contribution < 1.29 is 19.3 Å². The molecule has 8 heteroatoms. The van der Waals surface area contributed by atoms with Crippen molar-refractivity contribution in [2.45, 2.75) is 32.6 Å². The van der Waals surface area contributed by atoms with Crippen LogP contribution in [0, 0.1) is 5.92 Å². The maximum absolute atomic E-state index is 9.09. The van der Waals surface area contributed by atoms with Gasteiger partial charge in [0.05, 0.1) is 6.61 Å². The molecule has 0 atom stereocenters. The predicted molar refractivity (Wildman–Crippen MR) is 95.1 cm³/mol. The highest BCUT2D eigenvalue weighted by Gasteiger charge is 2.24. The Labute approximate surface area is 147 Å². The molecule has 134 valence electrons. The van der Waals surface area contributed by atoms with Gasteiger partial charge in [-0.25, -0.2) is 0 Å². The largest absolute Gasteiger partial charge is 0.493 e. The summed E-state index contributed by atoms with van der Waals surface area (Å²) in [5.74, 6) is 2.23. The van der Waals surface area contributed by atoms with Crippen molar-refractivity contribution in [2.75, 3.05) is 24.6 Å². The number of nitrogens with zero attached hydrogens (tertiary/aromatic N) is 3. The van der Waals surface area contributed by atoms with Gasteiger partial charge >= 0.3 is 13.1 Å². The minimum atomic E-state index is -1.45. The molecule has 0 unspecified atom stereocenters. The van der Waals surface area contributed by atoms with E-state index in [4.69, 9.17) is 19.3 Å². The Kier molecular flexibility index (Phi) is 5.60. The van der Waals surface area contributed by atoms with Gasteiger partial charge in [0.2, 0.25) is 0 Å². The van der Waals surface area contributed by atoms with Crippen LogP contribution in [0.5, 0.6) is 5.75 Å². The van der Waals surface area contributed by atoms with Crippen molar-refractivity contribution in [3.8, 4) is 5.75 Å². The van der Waals surface area contributed by atoms with E-state index in [9.17, 15) is 0 Å². The third kappa shape index (κ3) is 4.52. The molecule has 1 aromatic carbocycles. The zero-order valence-electron chi connectivity index (χ0n) is 14.6. The summed E-state index contributed by atoms with van der Waals surface area (Å²) in [7, 11) is -1.45. The van der Waals surface area contributed by atoms with E-state index in [2.05, 4.69) is 15.0 Å². The zero-order chi connectivity index (χ0) is 17.8. The maximum Gasteiger partial charge on any atom is 0.488 e. The number of hydrogen-bond acceptors (Lipinski definition) is 7. The van der Waals surface area contributed by atoms with Gasteiger partial charge in [-0.15, -0.1) is 0 Å². The minimum absolute atomic E-state index is 0.266. The Hall–Kier alpha value is -2.06. The lowest BCUT2D eigenvalue weighted by molar-refractivity contribution is 0.220. The van der Waals surface area contributed by atoms with Gasteiger partial charge in [0.15, 0.2) is 5.82 Å². The lowest BCUT2D eigenvalue weighted by atomic mass is 9.80. The summed E-state index contributed by atoms with van der Waals surface area (Å²) in [5, 5.41) is 22.2. The van der Waals surface area contributed by atoms with Crippen LogP contribution in [0.4, 0.5) is 6.01 Å². The van der Waals surface area contributed by atoms with E-state index in [1.54, 1.807) is 24.3 Å². The zero-order valence-corrected chi connectivity index (χ0v) is 14.6. The van der Waals surface area contributed by atoms with E-state index in [1.807, 2.05) is 13.8 Å². The Morgan fingerprint density at radius 1 is 1.24 bits per heavy atom. The number of benzene rings is 1. The van der Waals surface area contributed by atoms with E-state index >= 15 is 0 Å². The first-order valence-corrected chi connectivity index (χ1v) is 8.70. The number of ether oxygens (including phenoxy) is 1. The molecule has 0 bridgehead atoms. The predicted octanol–water partition coefficient (Wildman–Crippen LogP) is 1.17. The molecule has 0 aliphatic carbocycles. The second-order valence-electron chi connectivity index (χ2n) is 6.77. The molecule has 7 nitrogen and oxygen atoms in total. The lowest BCUT2D eigenvalue weighted by Crippen LogP contribution is -2.35. The van der Waals surface area contributed by atoms with Crippen LogP contribution in [0.25, 0.3) is 0 Å². The van der Waals surface area contributed by atoms with Gasteiger partial charge in [0.1, 0.15) is 5.75 Å². The monoisotopic (exact) mass is 345 g/mol. The number of anilines is 1. The van der Waals surface area contributed by atoms with Crippen LogP contribution < -0.4 is 15.1 Å². The van der Waals surface area contributed by atoms with E-state index in [1.165, 1.54) is 0 Å². The molecular weight excluding hydrogens is 321 g/mol. The first kappa shape index (κ1) is 17.8. The van der Waals surface area contributed by atoms with Crippen LogP contribution in [0.2, 0.25) is 0 Å². The quantitative estimate of drug-likeness (QED) is 0.759. The molecule has 2 N–H and O–H groups in total. The van der Waals surface area contributed by atoms with Crippen molar-refractivity contribution >= 4 is 18.6 Å². The van der Waals surface area contributed by atoms with Crippen LogP contribution in [-0.2, 0) is 0 Å². The van der Waals surface area contributed by atoms with Crippen LogP contribution in [-0.4, -0.2) is 47.0 Å². The topological polar surface area (TPSA) is 91.9 Å². The van der Waals surface area contributed by atoms with Gasteiger partial charge in [-0.1, -0.05) is 31.1 Å². The van der Waals surface area contributed by atoms with E-state index in [-0.39, 0.29) is 5.92 Å². The van der Waals surface area contributed by atoms with Crippen LogP contribution in [0.1, 0.15) is 38.4 Å². The smallest absolute Gasteiger partial charge is 0.488 e. The summed E-state index contributed by atoms with van der Waals surface area (Å²) < 4.78 is 11.2. The molecule has 1 aliphatic heterocycles. The summed E-state index contributed by atoms with van der Waals surface area (Å²) in [5.41, 5.74) is 0.459. The van der Waals surface area contributed by atoms with Crippen LogP contribution >= 0.6 is 0 Å². The van der Waals surface area contributed by atoms with Crippen LogP contribution in [0.15, 0.2) is 28.8 Å². The molecule has 0 spiro atoms. The molecule has 25 heavy (non-hydrogen) atoms. The Morgan fingerprint density at radius 3 is 2.48 bits per heavy atom. The van der Waals surface area contributed by atoms with Crippen LogP contribution in [0.3, 0.4) is 0 Å². The molecule has 1 saturated heterocycles. The molecular formula is C17H24BN3O4. The SMILES string of the molecule is CC(C)c1noc(N2CCC(COc3ccc(B(O)O)cc3)CC2)n1. The fourth-order valence-electron chi connectivity index (χ4n) is 2.83. The number of aromatic nitrogens is 2.